The second-order valence-electron chi connectivity index (χ2n) is 3.35. The Hall–Kier alpha value is -1.61. The first-order chi connectivity index (χ1) is 7.31. The van der Waals surface area contributed by atoms with Gasteiger partial charge in [0.25, 0.3) is 0 Å². The molecule has 2 heterocycles. The Labute approximate surface area is 88.4 Å². The van der Waals surface area contributed by atoms with E-state index in [4.69, 9.17) is 4.42 Å². The SMILES string of the molecule is CCc1ccc(C(O)c2cccnc2)o1. The third-order valence-electron chi connectivity index (χ3n) is 2.30. The molecule has 1 N–H and O–H groups in total. The van der Waals surface area contributed by atoms with E-state index in [-0.39, 0.29) is 0 Å². The van der Waals surface area contributed by atoms with Crippen LogP contribution in [0.15, 0.2) is 41.1 Å². The third kappa shape index (κ3) is 2.07. The van der Waals surface area contributed by atoms with Crippen molar-refractivity contribution in [3.05, 3.63) is 53.7 Å². The van der Waals surface area contributed by atoms with Crippen LogP contribution in [0, 0.1) is 0 Å². The lowest BCUT2D eigenvalue weighted by molar-refractivity contribution is 0.186. The van der Waals surface area contributed by atoms with Gasteiger partial charge in [0.2, 0.25) is 0 Å². The molecule has 78 valence electrons. The number of aliphatic hydroxyl groups is 1. The number of hydrogen-bond acceptors (Lipinski definition) is 3. The van der Waals surface area contributed by atoms with Crippen LogP contribution in [0.3, 0.4) is 0 Å². The highest BCUT2D eigenvalue weighted by atomic mass is 16.4. The Morgan fingerprint density at radius 1 is 1.40 bits per heavy atom. The summed E-state index contributed by atoms with van der Waals surface area (Å²) in [5.41, 5.74) is 0.745. The molecule has 0 aliphatic heterocycles. The van der Waals surface area contributed by atoms with Gasteiger partial charge in [0.15, 0.2) is 0 Å². The summed E-state index contributed by atoms with van der Waals surface area (Å²) in [7, 11) is 0. The fourth-order valence-corrected chi connectivity index (χ4v) is 1.43. The predicted octanol–water partition coefficient (Wildman–Crippen LogP) is 2.32. The highest BCUT2D eigenvalue weighted by Crippen LogP contribution is 2.23. The first-order valence-electron chi connectivity index (χ1n) is 4.98. The van der Waals surface area contributed by atoms with Crippen molar-refractivity contribution in [2.75, 3.05) is 0 Å². The molecule has 0 saturated carbocycles. The second kappa shape index (κ2) is 4.28. The van der Waals surface area contributed by atoms with E-state index in [1.165, 1.54) is 0 Å². The van der Waals surface area contributed by atoms with Crippen LogP contribution in [0.1, 0.15) is 30.1 Å². The molecule has 1 atom stereocenters. The number of nitrogens with zero attached hydrogens (tertiary/aromatic N) is 1. The summed E-state index contributed by atoms with van der Waals surface area (Å²) < 4.78 is 5.47. The topological polar surface area (TPSA) is 46.3 Å². The van der Waals surface area contributed by atoms with Crippen molar-refractivity contribution in [2.45, 2.75) is 19.4 Å². The van der Waals surface area contributed by atoms with Crippen LogP contribution in [0.2, 0.25) is 0 Å². The third-order valence-corrected chi connectivity index (χ3v) is 2.30. The van der Waals surface area contributed by atoms with Crippen LogP contribution in [-0.2, 0) is 6.42 Å². The van der Waals surface area contributed by atoms with Crippen LogP contribution in [-0.4, -0.2) is 10.1 Å². The van der Waals surface area contributed by atoms with E-state index in [1.807, 2.05) is 19.1 Å². The van der Waals surface area contributed by atoms with Crippen LogP contribution in [0.5, 0.6) is 0 Å². The van der Waals surface area contributed by atoms with Crippen molar-refractivity contribution in [1.29, 1.82) is 0 Å². The lowest BCUT2D eigenvalue weighted by Crippen LogP contribution is -1.97. The van der Waals surface area contributed by atoms with Gasteiger partial charge in [0, 0.05) is 24.4 Å². The molecule has 1 unspecified atom stereocenters. The molecule has 3 nitrogen and oxygen atoms in total. The molecule has 0 aromatic carbocycles. The molecule has 2 rings (SSSR count). The van der Waals surface area contributed by atoms with Crippen molar-refractivity contribution in [3.63, 3.8) is 0 Å². The van der Waals surface area contributed by atoms with Gasteiger partial charge in [-0.15, -0.1) is 0 Å². The molecule has 0 spiro atoms. The summed E-state index contributed by atoms with van der Waals surface area (Å²) in [6.45, 7) is 2.01. The molecule has 2 aromatic rings. The lowest BCUT2D eigenvalue weighted by Gasteiger charge is -2.06. The smallest absolute Gasteiger partial charge is 0.138 e. The Bertz CT molecular complexity index is 422. The molecule has 0 radical (unpaired) electrons. The fraction of sp³-hybridized carbons (Fsp3) is 0.250. The Balaban J connectivity index is 2.24. The maximum absolute atomic E-state index is 9.97. The number of rotatable bonds is 3. The van der Waals surface area contributed by atoms with Gasteiger partial charge in [0.05, 0.1) is 0 Å². The Morgan fingerprint density at radius 3 is 2.87 bits per heavy atom. The summed E-state index contributed by atoms with van der Waals surface area (Å²) in [6, 6.07) is 7.31. The fourth-order valence-electron chi connectivity index (χ4n) is 1.43. The minimum Gasteiger partial charge on any atom is -0.463 e. The standard InChI is InChI=1S/C12H13NO2/c1-2-10-5-6-11(15-10)12(14)9-4-3-7-13-8-9/h3-8,12,14H,2H2,1H3. The maximum atomic E-state index is 9.97. The molecule has 0 amide bonds. The number of furan rings is 1. The largest absolute Gasteiger partial charge is 0.463 e. The van der Waals surface area contributed by atoms with E-state index in [1.54, 1.807) is 24.5 Å². The quantitative estimate of drug-likeness (QED) is 0.832. The van der Waals surface area contributed by atoms with E-state index >= 15 is 0 Å². The summed E-state index contributed by atoms with van der Waals surface area (Å²) >= 11 is 0. The average Bonchev–Trinajstić information content (AvgIpc) is 2.78. The molecule has 0 aliphatic rings. The first-order valence-corrected chi connectivity index (χ1v) is 4.98. The van der Waals surface area contributed by atoms with Gasteiger partial charge in [-0.3, -0.25) is 4.98 Å². The van der Waals surface area contributed by atoms with Gasteiger partial charge in [-0.2, -0.15) is 0 Å². The summed E-state index contributed by atoms with van der Waals surface area (Å²) in [5, 5.41) is 9.97. The molecule has 0 aliphatic carbocycles. The number of hydrogen-bond donors (Lipinski definition) is 1. The Kier molecular flexibility index (Phi) is 2.83. The monoisotopic (exact) mass is 203 g/mol. The van der Waals surface area contributed by atoms with Gasteiger partial charge in [-0.1, -0.05) is 13.0 Å². The number of aliphatic hydroxyl groups excluding tert-OH is 1. The highest BCUT2D eigenvalue weighted by Gasteiger charge is 2.14. The lowest BCUT2D eigenvalue weighted by atomic mass is 10.1. The highest BCUT2D eigenvalue weighted by molar-refractivity contribution is 5.22. The molecule has 0 saturated heterocycles. The zero-order valence-electron chi connectivity index (χ0n) is 8.55. The summed E-state index contributed by atoms with van der Waals surface area (Å²) in [5.74, 6) is 1.45. The average molecular weight is 203 g/mol. The van der Waals surface area contributed by atoms with E-state index in [0.717, 1.165) is 17.7 Å². The van der Waals surface area contributed by atoms with Gasteiger partial charge in [-0.25, -0.2) is 0 Å². The number of pyridine rings is 1. The number of aryl methyl sites for hydroxylation is 1. The second-order valence-corrected chi connectivity index (χ2v) is 3.35. The minimum atomic E-state index is -0.723. The maximum Gasteiger partial charge on any atom is 0.138 e. The van der Waals surface area contributed by atoms with E-state index in [9.17, 15) is 5.11 Å². The predicted molar refractivity (Wildman–Crippen MR) is 56.4 cm³/mol. The van der Waals surface area contributed by atoms with Crippen molar-refractivity contribution in [1.82, 2.24) is 4.98 Å². The molecule has 0 fully saturated rings. The molecular formula is C12H13NO2. The zero-order chi connectivity index (χ0) is 10.7. The van der Waals surface area contributed by atoms with Gasteiger partial charge in [-0.05, 0) is 18.2 Å². The molecule has 3 heteroatoms. The molecule has 15 heavy (non-hydrogen) atoms. The van der Waals surface area contributed by atoms with Gasteiger partial charge < -0.3 is 9.52 Å². The van der Waals surface area contributed by atoms with Crippen molar-refractivity contribution in [2.24, 2.45) is 0 Å². The molecular weight excluding hydrogens is 190 g/mol. The first kappa shape index (κ1) is 9.93. The molecule has 0 bridgehead atoms. The van der Waals surface area contributed by atoms with Crippen molar-refractivity contribution in [3.8, 4) is 0 Å². The van der Waals surface area contributed by atoms with Crippen molar-refractivity contribution >= 4 is 0 Å². The van der Waals surface area contributed by atoms with Crippen molar-refractivity contribution < 1.29 is 9.52 Å². The van der Waals surface area contributed by atoms with Crippen LogP contribution in [0.4, 0.5) is 0 Å². The van der Waals surface area contributed by atoms with Crippen LogP contribution >= 0.6 is 0 Å². The Morgan fingerprint density at radius 2 is 2.27 bits per heavy atom. The van der Waals surface area contributed by atoms with Gasteiger partial charge in [0.1, 0.15) is 17.6 Å². The van der Waals surface area contributed by atoms with Crippen LogP contribution < -0.4 is 0 Å². The van der Waals surface area contributed by atoms with Gasteiger partial charge >= 0.3 is 0 Å². The van der Waals surface area contributed by atoms with Crippen LogP contribution in [0.25, 0.3) is 0 Å². The zero-order valence-corrected chi connectivity index (χ0v) is 8.55. The minimum absolute atomic E-state index is 0.569. The molecule has 2 aromatic heterocycles. The summed E-state index contributed by atoms with van der Waals surface area (Å²) in [6.07, 6.45) is 3.42. The number of aromatic nitrogens is 1. The van der Waals surface area contributed by atoms with E-state index < -0.39 is 6.10 Å². The normalized spacial score (nSPS) is 12.7. The van der Waals surface area contributed by atoms with E-state index in [0.29, 0.717) is 5.76 Å². The summed E-state index contributed by atoms with van der Waals surface area (Å²) in [4.78, 5) is 3.96. The van der Waals surface area contributed by atoms with E-state index in [2.05, 4.69) is 4.98 Å².